The molecule has 1 heterocycles. The highest BCUT2D eigenvalue weighted by molar-refractivity contribution is 5.98. The summed E-state index contributed by atoms with van der Waals surface area (Å²) in [5, 5.41) is 5.01. The number of para-hydroxylation sites is 2. The third-order valence-electron chi connectivity index (χ3n) is 11.3. The topological polar surface area (TPSA) is 12.5 Å². The van der Waals surface area contributed by atoms with Crippen molar-refractivity contribution in [2.75, 3.05) is 4.90 Å². The summed E-state index contributed by atoms with van der Waals surface area (Å²) in [5.74, 6) is 1.86. The predicted molar refractivity (Wildman–Crippen MR) is 231 cm³/mol. The van der Waals surface area contributed by atoms with Crippen LogP contribution in [0.1, 0.15) is 25.0 Å². The summed E-state index contributed by atoms with van der Waals surface area (Å²) in [7, 11) is 0. The van der Waals surface area contributed by atoms with Gasteiger partial charge < -0.3 is 9.64 Å². The predicted octanol–water partition coefficient (Wildman–Crippen LogP) is 14.9. The molecule has 1 aliphatic rings. The lowest BCUT2D eigenvalue weighted by molar-refractivity contribution is 0.419. The van der Waals surface area contributed by atoms with Crippen LogP contribution in [0.3, 0.4) is 0 Å². The molecule has 2 nitrogen and oxygen atoms in total. The molecule has 0 spiro atoms. The largest absolute Gasteiger partial charge is 0.456 e. The standard InChI is InChI=1S/C53H39NO/c1-53(2)49-21-7-8-23-51(49)55-52-48(20-11-22-50(52)53)40-28-34-43(35-29-40)54(41-30-24-38(25-31-41)46-18-9-14-36-12-3-5-16-44(36)46)42-32-26-39(27-33-42)47-19-10-15-37-13-4-6-17-45(37)47/h3-35H,1-2H3. The Labute approximate surface area is 322 Å². The third-order valence-corrected chi connectivity index (χ3v) is 11.3. The number of ether oxygens (including phenoxy) is 1. The maximum atomic E-state index is 6.65. The van der Waals surface area contributed by atoms with Crippen LogP contribution < -0.4 is 9.64 Å². The summed E-state index contributed by atoms with van der Waals surface area (Å²) in [6.45, 7) is 4.57. The van der Waals surface area contributed by atoms with Crippen LogP contribution in [-0.4, -0.2) is 0 Å². The maximum absolute atomic E-state index is 6.65. The first kappa shape index (κ1) is 32.7. The molecule has 0 amide bonds. The molecular formula is C53H39NO. The molecule has 10 rings (SSSR count). The lowest BCUT2D eigenvalue weighted by atomic mass is 9.75. The number of hydrogen-bond donors (Lipinski definition) is 0. The van der Waals surface area contributed by atoms with Gasteiger partial charge >= 0.3 is 0 Å². The van der Waals surface area contributed by atoms with E-state index >= 15 is 0 Å². The molecule has 9 aromatic rings. The second kappa shape index (κ2) is 13.2. The molecular weight excluding hydrogens is 667 g/mol. The number of nitrogens with zero attached hydrogens (tertiary/aromatic N) is 1. The lowest BCUT2D eigenvalue weighted by Gasteiger charge is -2.35. The van der Waals surface area contributed by atoms with Crippen LogP contribution in [0, 0.1) is 0 Å². The average Bonchev–Trinajstić information content (AvgIpc) is 3.24. The lowest BCUT2D eigenvalue weighted by Crippen LogP contribution is -2.24. The summed E-state index contributed by atoms with van der Waals surface area (Å²) in [6, 6.07) is 72.1. The van der Waals surface area contributed by atoms with E-state index in [1.54, 1.807) is 0 Å². The van der Waals surface area contributed by atoms with Gasteiger partial charge in [-0.25, -0.2) is 0 Å². The Morgan fingerprint density at radius 2 is 0.764 bits per heavy atom. The molecule has 262 valence electrons. The molecule has 0 bridgehead atoms. The number of anilines is 3. The van der Waals surface area contributed by atoms with Crippen LogP contribution in [-0.2, 0) is 5.41 Å². The maximum Gasteiger partial charge on any atom is 0.139 e. The van der Waals surface area contributed by atoms with Crippen molar-refractivity contribution in [3.8, 4) is 44.9 Å². The molecule has 0 fully saturated rings. The van der Waals surface area contributed by atoms with E-state index in [0.717, 1.165) is 39.7 Å². The van der Waals surface area contributed by atoms with E-state index in [-0.39, 0.29) is 5.41 Å². The summed E-state index contributed by atoms with van der Waals surface area (Å²) in [6.07, 6.45) is 0. The number of fused-ring (bicyclic) bond motifs is 4. The molecule has 9 aromatic carbocycles. The highest BCUT2D eigenvalue weighted by Crippen LogP contribution is 2.51. The minimum absolute atomic E-state index is 0.173. The van der Waals surface area contributed by atoms with E-state index in [4.69, 9.17) is 4.74 Å². The van der Waals surface area contributed by atoms with Gasteiger partial charge in [0.1, 0.15) is 11.5 Å². The quantitative estimate of drug-likeness (QED) is 0.171. The van der Waals surface area contributed by atoms with Crippen molar-refractivity contribution in [2.45, 2.75) is 19.3 Å². The number of rotatable bonds is 6. The van der Waals surface area contributed by atoms with Gasteiger partial charge in [-0.15, -0.1) is 0 Å². The smallest absolute Gasteiger partial charge is 0.139 e. The normalized spacial score (nSPS) is 12.8. The minimum Gasteiger partial charge on any atom is -0.456 e. The van der Waals surface area contributed by atoms with E-state index in [1.807, 2.05) is 0 Å². The van der Waals surface area contributed by atoms with Crippen LogP contribution in [0.5, 0.6) is 11.5 Å². The Morgan fingerprint density at radius 3 is 1.31 bits per heavy atom. The first-order valence-corrected chi connectivity index (χ1v) is 19.0. The van der Waals surface area contributed by atoms with Crippen molar-refractivity contribution in [1.82, 2.24) is 0 Å². The Balaban J connectivity index is 1.05. The van der Waals surface area contributed by atoms with Crippen LogP contribution in [0.15, 0.2) is 200 Å². The van der Waals surface area contributed by atoms with Crippen molar-refractivity contribution in [2.24, 2.45) is 0 Å². The van der Waals surface area contributed by atoms with Gasteiger partial charge in [-0.2, -0.15) is 0 Å². The second-order valence-electron chi connectivity index (χ2n) is 14.9. The fraction of sp³-hybridized carbons (Fsp3) is 0.0566. The number of benzene rings is 9. The second-order valence-corrected chi connectivity index (χ2v) is 14.9. The summed E-state index contributed by atoms with van der Waals surface area (Å²) >= 11 is 0. The minimum atomic E-state index is -0.173. The van der Waals surface area contributed by atoms with Gasteiger partial charge in [-0.1, -0.05) is 172 Å². The molecule has 0 N–H and O–H groups in total. The molecule has 0 atom stereocenters. The van der Waals surface area contributed by atoms with Crippen LogP contribution in [0.4, 0.5) is 17.1 Å². The van der Waals surface area contributed by atoms with Crippen molar-refractivity contribution in [3.05, 3.63) is 211 Å². The molecule has 0 aromatic heterocycles. The van der Waals surface area contributed by atoms with Crippen molar-refractivity contribution < 1.29 is 4.74 Å². The Hall–Kier alpha value is -6.90. The highest BCUT2D eigenvalue weighted by atomic mass is 16.5. The molecule has 0 saturated carbocycles. The average molecular weight is 706 g/mol. The SMILES string of the molecule is CC1(C)c2ccccc2Oc2c(-c3ccc(N(c4ccc(-c5cccc6ccccc56)cc4)c4ccc(-c5cccc6ccccc56)cc4)cc3)cccc21. The van der Waals surface area contributed by atoms with Gasteiger partial charge in [0.2, 0.25) is 0 Å². The van der Waals surface area contributed by atoms with Gasteiger partial charge in [-0.3, -0.25) is 0 Å². The van der Waals surface area contributed by atoms with Gasteiger partial charge in [-0.05, 0) is 91.8 Å². The first-order valence-electron chi connectivity index (χ1n) is 19.0. The van der Waals surface area contributed by atoms with E-state index in [9.17, 15) is 0 Å². The van der Waals surface area contributed by atoms with Gasteiger partial charge in [0.25, 0.3) is 0 Å². The number of hydrogen-bond acceptors (Lipinski definition) is 2. The molecule has 55 heavy (non-hydrogen) atoms. The Morgan fingerprint density at radius 1 is 0.364 bits per heavy atom. The Kier molecular flexibility index (Phi) is 7.85. The monoisotopic (exact) mass is 705 g/mol. The molecule has 0 aliphatic carbocycles. The zero-order chi connectivity index (χ0) is 36.9. The van der Waals surface area contributed by atoms with Gasteiger partial charge in [0, 0.05) is 39.2 Å². The highest BCUT2D eigenvalue weighted by Gasteiger charge is 2.35. The molecule has 1 aliphatic heterocycles. The van der Waals surface area contributed by atoms with E-state index in [2.05, 4.69) is 219 Å². The zero-order valence-electron chi connectivity index (χ0n) is 30.9. The van der Waals surface area contributed by atoms with Crippen LogP contribution >= 0.6 is 0 Å². The zero-order valence-corrected chi connectivity index (χ0v) is 30.9. The third kappa shape index (κ3) is 5.66. The van der Waals surface area contributed by atoms with E-state index < -0.39 is 0 Å². The van der Waals surface area contributed by atoms with Crippen LogP contribution in [0.2, 0.25) is 0 Å². The fourth-order valence-corrected chi connectivity index (χ4v) is 8.47. The molecule has 0 radical (unpaired) electrons. The first-order chi connectivity index (χ1) is 27.0. The van der Waals surface area contributed by atoms with Gasteiger partial charge in [0.05, 0.1) is 0 Å². The van der Waals surface area contributed by atoms with Crippen molar-refractivity contribution >= 4 is 38.6 Å². The van der Waals surface area contributed by atoms with E-state index in [0.29, 0.717) is 0 Å². The Bertz CT molecular complexity index is 2720. The van der Waals surface area contributed by atoms with Crippen molar-refractivity contribution in [3.63, 3.8) is 0 Å². The fourth-order valence-electron chi connectivity index (χ4n) is 8.47. The van der Waals surface area contributed by atoms with E-state index in [1.165, 1.54) is 54.9 Å². The summed E-state index contributed by atoms with van der Waals surface area (Å²) < 4.78 is 6.65. The molecule has 2 heteroatoms. The van der Waals surface area contributed by atoms with Crippen LogP contribution in [0.25, 0.3) is 54.9 Å². The summed E-state index contributed by atoms with van der Waals surface area (Å²) in [4.78, 5) is 2.35. The van der Waals surface area contributed by atoms with Crippen molar-refractivity contribution in [1.29, 1.82) is 0 Å². The van der Waals surface area contributed by atoms with Gasteiger partial charge in [0.15, 0.2) is 0 Å². The summed E-state index contributed by atoms with van der Waals surface area (Å²) in [5.41, 5.74) is 12.6. The molecule has 0 unspecified atom stereocenters. The molecule has 0 saturated heterocycles.